The summed E-state index contributed by atoms with van der Waals surface area (Å²) < 4.78 is 0. The Bertz CT molecular complexity index is 394. The van der Waals surface area contributed by atoms with Crippen LogP contribution in [0.3, 0.4) is 0 Å². The monoisotopic (exact) mass is 281 g/mol. The van der Waals surface area contributed by atoms with Gasteiger partial charge in [0.15, 0.2) is 0 Å². The molecule has 0 saturated carbocycles. The smallest absolute Gasteiger partial charge is 0.107 e. The normalized spacial score (nSPS) is 25.2. The highest BCUT2D eigenvalue weighted by molar-refractivity contribution is 7.11. The molecule has 0 radical (unpaired) electrons. The molecular formula is C15H27N3S. The molecule has 1 saturated heterocycles. The topological polar surface area (TPSA) is 28.2 Å². The molecule has 0 aromatic carbocycles. The van der Waals surface area contributed by atoms with Crippen molar-refractivity contribution in [1.29, 1.82) is 0 Å². The second kappa shape index (κ2) is 6.33. The average Bonchev–Trinajstić information content (AvgIpc) is 2.68. The first kappa shape index (κ1) is 14.9. The number of aromatic nitrogens is 1. The van der Waals surface area contributed by atoms with Crippen molar-refractivity contribution >= 4 is 11.3 Å². The van der Waals surface area contributed by atoms with Crippen molar-refractivity contribution in [3.8, 4) is 0 Å². The van der Waals surface area contributed by atoms with Gasteiger partial charge in [-0.15, -0.1) is 11.3 Å². The minimum absolute atomic E-state index is 0.616. The van der Waals surface area contributed by atoms with E-state index in [1.165, 1.54) is 22.0 Å². The van der Waals surface area contributed by atoms with E-state index in [1.807, 2.05) is 11.3 Å². The maximum atomic E-state index is 4.70. The Hall–Kier alpha value is -0.450. The number of hydrogen-bond acceptors (Lipinski definition) is 4. The summed E-state index contributed by atoms with van der Waals surface area (Å²) in [6.07, 6.45) is 1.21. The Morgan fingerprint density at radius 3 is 2.68 bits per heavy atom. The molecule has 1 aromatic heterocycles. The van der Waals surface area contributed by atoms with Crippen molar-refractivity contribution < 1.29 is 0 Å². The summed E-state index contributed by atoms with van der Waals surface area (Å²) >= 11 is 1.86. The maximum absolute atomic E-state index is 4.70. The zero-order valence-corrected chi connectivity index (χ0v) is 13.7. The van der Waals surface area contributed by atoms with Crippen molar-refractivity contribution in [2.24, 2.45) is 5.92 Å². The molecule has 3 nitrogen and oxygen atoms in total. The molecule has 0 spiro atoms. The molecule has 0 aliphatic carbocycles. The second-order valence-corrected chi connectivity index (χ2v) is 7.29. The van der Waals surface area contributed by atoms with E-state index in [2.05, 4.69) is 44.8 Å². The van der Waals surface area contributed by atoms with Crippen molar-refractivity contribution in [2.75, 3.05) is 13.1 Å². The van der Waals surface area contributed by atoms with Gasteiger partial charge >= 0.3 is 0 Å². The number of aryl methyl sites for hydroxylation is 2. The fourth-order valence-corrected chi connectivity index (χ4v) is 3.67. The summed E-state index contributed by atoms with van der Waals surface area (Å²) in [5.41, 5.74) is 1.20. The van der Waals surface area contributed by atoms with Gasteiger partial charge in [-0.3, -0.25) is 4.90 Å². The van der Waals surface area contributed by atoms with Crippen LogP contribution in [0.5, 0.6) is 0 Å². The van der Waals surface area contributed by atoms with Crippen LogP contribution >= 0.6 is 11.3 Å². The van der Waals surface area contributed by atoms with Crippen LogP contribution in [-0.4, -0.2) is 35.1 Å². The van der Waals surface area contributed by atoms with Crippen LogP contribution in [-0.2, 0) is 6.54 Å². The van der Waals surface area contributed by atoms with Crippen LogP contribution in [0.4, 0.5) is 0 Å². The van der Waals surface area contributed by atoms with E-state index in [0.717, 1.165) is 19.6 Å². The summed E-state index contributed by atoms with van der Waals surface area (Å²) in [5, 5.41) is 4.97. The minimum Gasteiger partial charge on any atom is -0.311 e. The van der Waals surface area contributed by atoms with Crippen molar-refractivity contribution in [1.82, 2.24) is 15.2 Å². The lowest BCUT2D eigenvalue weighted by molar-refractivity contribution is 0.103. The van der Waals surface area contributed by atoms with Gasteiger partial charge in [0.05, 0.1) is 12.2 Å². The van der Waals surface area contributed by atoms with E-state index in [1.54, 1.807) is 0 Å². The average molecular weight is 281 g/mol. The molecule has 1 N–H and O–H groups in total. The second-order valence-electron chi connectivity index (χ2n) is 6.00. The number of thiazole rings is 1. The third-order valence-corrected chi connectivity index (χ3v) is 5.31. The molecule has 2 atom stereocenters. The number of nitrogens with one attached hydrogen (secondary N) is 1. The van der Waals surface area contributed by atoms with Gasteiger partial charge < -0.3 is 5.32 Å². The van der Waals surface area contributed by atoms with Gasteiger partial charge in [0, 0.05) is 30.1 Å². The lowest BCUT2D eigenvalue weighted by Gasteiger charge is -2.41. The highest BCUT2D eigenvalue weighted by Gasteiger charge is 2.28. The van der Waals surface area contributed by atoms with Crippen molar-refractivity contribution in [2.45, 2.75) is 59.7 Å². The summed E-state index contributed by atoms with van der Waals surface area (Å²) in [6.45, 7) is 14.5. The van der Waals surface area contributed by atoms with Crippen LogP contribution in [0.1, 0.15) is 42.8 Å². The van der Waals surface area contributed by atoms with E-state index in [0.29, 0.717) is 18.0 Å². The fraction of sp³-hybridized carbons (Fsp3) is 0.800. The van der Waals surface area contributed by atoms with Crippen LogP contribution in [0.15, 0.2) is 0 Å². The summed E-state index contributed by atoms with van der Waals surface area (Å²) in [6, 6.07) is 1.27. The zero-order chi connectivity index (χ0) is 14.0. The van der Waals surface area contributed by atoms with Crippen molar-refractivity contribution in [3.63, 3.8) is 0 Å². The van der Waals surface area contributed by atoms with Crippen LogP contribution < -0.4 is 5.32 Å². The first-order chi connectivity index (χ1) is 9.01. The SMILES string of the molecule is CCC1CNC(C(C)C)CN1Cc1nc(C)c(C)s1. The Morgan fingerprint density at radius 2 is 2.16 bits per heavy atom. The van der Waals surface area contributed by atoms with Gasteiger partial charge in [-0.2, -0.15) is 0 Å². The predicted octanol–water partition coefficient (Wildman–Crippen LogP) is 2.97. The van der Waals surface area contributed by atoms with E-state index in [4.69, 9.17) is 4.98 Å². The Labute approximate surface area is 121 Å². The number of rotatable bonds is 4. The molecule has 0 bridgehead atoms. The van der Waals surface area contributed by atoms with Gasteiger partial charge in [0.2, 0.25) is 0 Å². The largest absolute Gasteiger partial charge is 0.311 e. The standard InChI is InChI=1S/C15H27N3S/c1-6-13-7-16-14(10(2)3)8-18(13)9-15-17-11(4)12(5)19-15/h10,13-14,16H,6-9H2,1-5H3. The molecule has 1 fully saturated rings. The van der Waals surface area contributed by atoms with Crippen LogP contribution in [0.2, 0.25) is 0 Å². The predicted molar refractivity (Wildman–Crippen MR) is 82.7 cm³/mol. The summed E-state index contributed by atoms with van der Waals surface area (Å²) in [5.74, 6) is 0.695. The quantitative estimate of drug-likeness (QED) is 0.919. The van der Waals surface area contributed by atoms with E-state index in [-0.39, 0.29) is 0 Å². The molecule has 2 heterocycles. The number of piperazine rings is 1. The van der Waals surface area contributed by atoms with Gasteiger partial charge in [-0.05, 0) is 26.2 Å². The van der Waals surface area contributed by atoms with Crippen LogP contribution in [0, 0.1) is 19.8 Å². The van der Waals surface area contributed by atoms with Crippen molar-refractivity contribution in [3.05, 3.63) is 15.6 Å². The Balaban J connectivity index is 2.05. The fourth-order valence-electron chi connectivity index (χ4n) is 2.71. The van der Waals surface area contributed by atoms with Gasteiger partial charge in [-0.1, -0.05) is 20.8 Å². The molecule has 2 unspecified atom stereocenters. The van der Waals surface area contributed by atoms with E-state index >= 15 is 0 Å². The first-order valence-corrected chi connectivity index (χ1v) is 8.23. The molecule has 1 aliphatic heterocycles. The van der Waals surface area contributed by atoms with E-state index in [9.17, 15) is 0 Å². The van der Waals surface area contributed by atoms with E-state index < -0.39 is 0 Å². The summed E-state index contributed by atoms with van der Waals surface area (Å²) in [7, 11) is 0. The number of nitrogens with zero attached hydrogens (tertiary/aromatic N) is 2. The highest BCUT2D eigenvalue weighted by Crippen LogP contribution is 2.22. The number of hydrogen-bond donors (Lipinski definition) is 1. The first-order valence-electron chi connectivity index (χ1n) is 7.41. The molecule has 1 aliphatic rings. The van der Waals surface area contributed by atoms with Gasteiger partial charge in [-0.25, -0.2) is 4.98 Å². The lowest BCUT2D eigenvalue weighted by Crippen LogP contribution is -2.57. The minimum atomic E-state index is 0.616. The molecule has 1 aromatic rings. The third kappa shape index (κ3) is 3.56. The molecular weight excluding hydrogens is 254 g/mol. The lowest BCUT2D eigenvalue weighted by atomic mass is 9.98. The maximum Gasteiger partial charge on any atom is 0.107 e. The third-order valence-electron chi connectivity index (χ3n) is 4.25. The van der Waals surface area contributed by atoms with Gasteiger partial charge in [0.1, 0.15) is 5.01 Å². The van der Waals surface area contributed by atoms with Crippen LogP contribution in [0.25, 0.3) is 0 Å². The molecule has 4 heteroatoms. The highest BCUT2D eigenvalue weighted by atomic mass is 32.1. The Kier molecular flexibility index (Phi) is 4.98. The van der Waals surface area contributed by atoms with Gasteiger partial charge in [0.25, 0.3) is 0 Å². The molecule has 108 valence electrons. The Morgan fingerprint density at radius 1 is 1.42 bits per heavy atom. The zero-order valence-electron chi connectivity index (χ0n) is 12.9. The molecule has 0 amide bonds. The summed E-state index contributed by atoms with van der Waals surface area (Å²) in [4.78, 5) is 8.68. The molecule has 19 heavy (non-hydrogen) atoms. The molecule has 2 rings (SSSR count).